The molecule has 0 fully saturated rings. The van der Waals surface area contributed by atoms with Crippen molar-refractivity contribution >= 4 is 16.7 Å². The van der Waals surface area contributed by atoms with E-state index in [4.69, 9.17) is 4.74 Å². The topological polar surface area (TPSA) is 64.9 Å². The number of hydrogen-bond donors (Lipinski definition) is 1. The van der Waals surface area contributed by atoms with Crippen molar-refractivity contribution in [3.05, 3.63) is 53.6 Å². The Hall–Kier alpha value is -2.25. The Morgan fingerprint density at radius 1 is 1.35 bits per heavy atom. The minimum atomic E-state index is 0.643. The van der Waals surface area contributed by atoms with Gasteiger partial charge in [-0.2, -0.15) is 9.47 Å². The first-order valence-electron chi connectivity index (χ1n) is 7.41. The Kier molecular flexibility index (Phi) is 4.99. The van der Waals surface area contributed by atoms with Crippen molar-refractivity contribution in [2.75, 3.05) is 19.0 Å². The van der Waals surface area contributed by atoms with E-state index in [0.29, 0.717) is 6.61 Å². The number of benzene rings is 1. The highest BCUT2D eigenvalue weighted by molar-refractivity contribution is 7.09. The lowest BCUT2D eigenvalue weighted by molar-refractivity contribution is 0.201. The summed E-state index contributed by atoms with van der Waals surface area (Å²) in [5, 5.41) is 8.43. The van der Waals surface area contributed by atoms with E-state index in [9.17, 15) is 0 Å². The van der Waals surface area contributed by atoms with Gasteiger partial charge < -0.3 is 10.1 Å². The first-order valence-corrected chi connectivity index (χ1v) is 8.18. The Morgan fingerprint density at radius 3 is 3.00 bits per heavy atom. The number of ether oxygens (including phenoxy) is 1. The number of nitrogens with zero attached hydrogens (tertiary/aromatic N) is 4. The van der Waals surface area contributed by atoms with Gasteiger partial charge in [-0.1, -0.05) is 6.07 Å². The van der Waals surface area contributed by atoms with Gasteiger partial charge in [0, 0.05) is 44.0 Å². The standard InChI is InChI=1S/C16H19N5OS/c1-12-10-14(21-8-3-7-18-21)5-4-13(12)11-17-16-19-15(20-23-16)6-9-22-2/h3-5,7-8,10H,6,9,11H2,1-2H3,(H,17,19,20). The molecule has 120 valence electrons. The van der Waals surface area contributed by atoms with Crippen molar-refractivity contribution in [2.24, 2.45) is 0 Å². The first kappa shape index (κ1) is 15.6. The molecular formula is C16H19N5OS. The number of hydrogen-bond acceptors (Lipinski definition) is 6. The molecule has 1 N–H and O–H groups in total. The van der Waals surface area contributed by atoms with Crippen molar-refractivity contribution in [1.82, 2.24) is 19.1 Å². The summed E-state index contributed by atoms with van der Waals surface area (Å²) in [7, 11) is 1.68. The normalized spacial score (nSPS) is 10.9. The summed E-state index contributed by atoms with van der Waals surface area (Å²) >= 11 is 1.38. The maximum Gasteiger partial charge on any atom is 0.202 e. The molecule has 0 bridgehead atoms. The Bertz CT molecular complexity index is 754. The molecule has 1 aromatic carbocycles. The molecule has 0 unspecified atom stereocenters. The summed E-state index contributed by atoms with van der Waals surface area (Å²) in [5.74, 6) is 0.824. The summed E-state index contributed by atoms with van der Waals surface area (Å²) in [4.78, 5) is 4.45. The summed E-state index contributed by atoms with van der Waals surface area (Å²) in [6, 6.07) is 8.24. The average Bonchev–Trinajstić information content (AvgIpc) is 3.23. The van der Waals surface area contributed by atoms with Gasteiger partial charge in [0.15, 0.2) is 0 Å². The Morgan fingerprint density at radius 2 is 2.26 bits per heavy atom. The molecule has 3 aromatic rings. The molecular weight excluding hydrogens is 310 g/mol. The fourth-order valence-corrected chi connectivity index (χ4v) is 2.84. The van der Waals surface area contributed by atoms with Crippen molar-refractivity contribution < 1.29 is 4.74 Å². The van der Waals surface area contributed by atoms with Crippen LogP contribution in [-0.2, 0) is 17.7 Å². The summed E-state index contributed by atoms with van der Waals surface area (Å²) < 4.78 is 11.2. The second kappa shape index (κ2) is 7.34. The van der Waals surface area contributed by atoms with Crippen LogP contribution in [-0.4, -0.2) is 32.9 Å². The third-order valence-electron chi connectivity index (χ3n) is 3.52. The maximum absolute atomic E-state index is 5.04. The van der Waals surface area contributed by atoms with Crippen LogP contribution in [0.3, 0.4) is 0 Å². The molecule has 7 heteroatoms. The highest BCUT2D eigenvalue weighted by Crippen LogP contribution is 2.17. The zero-order chi connectivity index (χ0) is 16.1. The van der Waals surface area contributed by atoms with Crippen molar-refractivity contribution in [3.63, 3.8) is 0 Å². The molecule has 0 spiro atoms. The van der Waals surface area contributed by atoms with E-state index in [1.165, 1.54) is 22.7 Å². The number of methoxy groups -OCH3 is 1. The third-order valence-corrected chi connectivity index (χ3v) is 4.23. The van der Waals surface area contributed by atoms with E-state index in [0.717, 1.165) is 29.6 Å². The van der Waals surface area contributed by atoms with Gasteiger partial charge in [0.2, 0.25) is 5.13 Å². The molecule has 0 atom stereocenters. The zero-order valence-electron chi connectivity index (χ0n) is 13.2. The summed E-state index contributed by atoms with van der Waals surface area (Å²) in [6.45, 7) is 3.47. The lowest BCUT2D eigenvalue weighted by atomic mass is 10.1. The van der Waals surface area contributed by atoms with E-state index >= 15 is 0 Å². The van der Waals surface area contributed by atoms with Crippen molar-refractivity contribution in [1.29, 1.82) is 0 Å². The van der Waals surface area contributed by atoms with Crippen LogP contribution in [0.1, 0.15) is 17.0 Å². The van der Waals surface area contributed by atoms with Gasteiger partial charge >= 0.3 is 0 Å². The molecule has 6 nitrogen and oxygen atoms in total. The van der Waals surface area contributed by atoms with Gasteiger partial charge in [0.25, 0.3) is 0 Å². The second-order valence-electron chi connectivity index (χ2n) is 5.17. The van der Waals surface area contributed by atoms with Crippen LogP contribution in [0.2, 0.25) is 0 Å². The van der Waals surface area contributed by atoms with E-state index in [1.807, 2.05) is 16.9 Å². The predicted octanol–water partition coefficient (Wildman–Crippen LogP) is 2.83. The maximum atomic E-state index is 5.04. The summed E-state index contributed by atoms with van der Waals surface area (Å²) in [6.07, 6.45) is 4.46. The average molecular weight is 329 g/mol. The molecule has 23 heavy (non-hydrogen) atoms. The largest absolute Gasteiger partial charge is 0.384 e. The molecule has 2 aromatic heterocycles. The smallest absolute Gasteiger partial charge is 0.202 e. The lowest BCUT2D eigenvalue weighted by Crippen LogP contribution is -2.03. The molecule has 0 aliphatic carbocycles. The molecule has 0 radical (unpaired) electrons. The monoisotopic (exact) mass is 329 g/mol. The van der Waals surface area contributed by atoms with Crippen LogP contribution in [0.25, 0.3) is 5.69 Å². The van der Waals surface area contributed by atoms with Crippen LogP contribution in [0.15, 0.2) is 36.7 Å². The minimum Gasteiger partial charge on any atom is -0.384 e. The van der Waals surface area contributed by atoms with Crippen LogP contribution < -0.4 is 5.32 Å². The molecule has 0 amide bonds. The van der Waals surface area contributed by atoms with E-state index in [-0.39, 0.29) is 0 Å². The predicted molar refractivity (Wildman–Crippen MR) is 91.1 cm³/mol. The number of nitrogens with one attached hydrogen (secondary N) is 1. The number of aryl methyl sites for hydroxylation is 1. The van der Waals surface area contributed by atoms with Crippen molar-refractivity contribution in [2.45, 2.75) is 19.9 Å². The molecule has 0 aliphatic heterocycles. The minimum absolute atomic E-state index is 0.643. The number of anilines is 1. The fraction of sp³-hybridized carbons (Fsp3) is 0.312. The Labute approximate surface area is 139 Å². The second-order valence-corrected chi connectivity index (χ2v) is 5.93. The lowest BCUT2D eigenvalue weighted by Gasteiger charge is -2.09. The van der Waals surface area contributed by atoms with Crippen molar-refractivity contribution in [3.8, 4) is 5.69 Å². The van der Waals surface area contributed by atoms with E-state index in [1.54, 1.807) is 13.3 Å². The number of aromatic nitrogens is 4. The molecule has 0 saturated heterocycles. The van der Waals surface area contributed by atoms with Crippen LogP contribution in [0.5, 0.6) is 0 Å². The van der Waals surface area contributed by atoms with E-state index in [2.05, 4.69) is 44.9 Å². The fourth-order valence-electron chi connectivity index (χ4n) is 2.23. The molecule has 0 saturated carbocycles. The van der Waals surface area contributed by atoms with Gasteiger partial charge in [-0.3, -0.25) is 0 Å². The number of rotatable bonds is 7. The van der Waals surface area contributed by atoms with Crippen LogP contribution in [0.4, 0.5) is 5.13 Å². The highest BCUT2D eigenvalue weighted by Gasteiger charge is 2.06. The van der Waals surface area contributed by atoms with Crippen LogP contribution in [0, 0.1) is 6.92 Å². The zero-order valence-corrected chi connectivity index (χ0v) is 14.0. The SMILES string of the molecule is COCCc1nsc(NCc2ccc(-n3cccn3)cc2C)n1. The van der Waals surface area contributed by atoms with E-state index < -0.39 is 0 Å². The summed E-state index contributed by atoms with van der Waals surface area (Å²) in [5.41, 5.74) is 3.51. The van der Waals surface area contributed by atoms with Crippen LogP contribution >= 0.6 is 11.5 Å². The highest BCUT2D eigenvalue weighted by atomic mass is 32.1. The third kappa shape index (κ3) is 3.94. The quantitative estimate of drug-likeness (QED) is 0.722. The first-order chi connectivity index (χ1) is 11.3. The molecule has 3 rings (SSSR count). The van der Waals surface area contributed by atoms with Gasteiger partial charge in [-0.05, 0) is 36.2 Å². The van der Waals surface area contributed by atoms with Gasteiger partial charge in [-0.15, -0.1) is 0 Å². The molecule has 0 aliphatic rings. The van der Waals surface area contributed by atoms with Gasteiger partial charge in [0.1, 0.15) is 5.82 Å². The Balaban J connectivity index is 1.63. The van der Waals surface area contributed by atoms with Gasteiger partial charge in [-0.25, -0.2) is 9.67 Å². The molecule has 2 heterocycles. The van der Waals surface area contributed by atoms with Gasteiger partial charge in [0.05, 0.1) is 12.3 Å².